The van der Waals surface area contributed by atoms with Crippen LogP contribution in [0.2, 0.25) is 0 Å². The van der Waals surface area contributed by atoms with Gasteiger partial charge in [-0.2, -0.15) is 0 Å². The number of carbonyl (C=O) groups excluding carboxylic acids is 2. The Kier molecular flexibility index (Phi) is 4.28. The summed E-state index contributed by atoms with van der Waals surface area (Å²) in [6.07, 6.45) is 2.77. The Hall–Kier alpha value is -3.22. The van der Waals surface area contributed by atoms with Crippen molar-refractivity contribution in [3.63, 3.8) is 0 Å². The Balaban J connectivity index is 1.48. The van der Waals surface area contributed by atoms with Crippen LogP contribution in [0.15, 0.2) is 62.2 Å². The van der Waals surface area contributed by atoms with Crippen molar-refractivity contribution in [1.29, 1.82) is 0 Å². The summed E-state index contributed by atoms with van der Waals surface area (Å²) in [7, 11) is 0. The van der Waals surface area contributed by atoms with Crippen molar-refractivity contribution < 1.29 is 32.3 Å². The van der Waals surface area contributed by atoms with Crippen LogP contribution in [0.3, 0.4) is 0 Å². The predicted octanol–water partition coefficient (Wildman–Crippen LogP) is 3.18. The van der Waals surface area contributed by atoms with Gasteiger partial charge in [0.2, 0.25) is 11.5 Å². The van der Waals surface area contributed by atoms with Crippen molar-refractivity contribution in [2.45, 2.75) is 13.2 Å². The van der Waals surface area contributed by atoms with E-state index in [2.05, 4.69) is 0 Å². The lowest BCUT2D eigenvalue weighted by Crippen LogP contribution is -2.04. The van der Waals surface area contributed by atoms with E-state index in [0.717, 1.165) is 0 Å². The molecule has 0 aliphatic heterocycles. The smallest absolute Gasteiger partial charge is 0.374 e. The lowest BCUT2D eigenvalue weighted by atomic mass is 10.4. The second-order valence-corrected chi connectivity index (χ2v) is 4.47. The summed E-state index contributed by atoms with van der Waals surface area (Å²) in [5.41, 5.74) is 0. The molecule has 0 spiro atoms. The first-order chi connectivity index (χ1) is 11.2. The molecule has 0 unspecified atom stereocenters. The van der Waals surface area contributed by atoms with Crippen molar-refractivity contribution in [3.05, 3.63) is 72.0 Å². The number of furan rings is 3. The third-order valence-electron chi connectivity index (χ3n) is 2.85. The minimum atomic E-state index is -0.586. The van der Waals surface area contributed by atoms with Gasteiger partial charge >= 0.3 is 11.9 Å². The molecule has 3 heterocycles. The molecule has 0 saturated carbocycles. The van der Waals surface area contributed by atoms with Gasteiger partial charge in [-0.3, -0.25) is 0 Å². The first-order valence-electron chi connectivity index (χ1n) is 6.71. The Morgan fingerprint density at radius 2 is 1.26 bits per heavy atom. The zero-order chi connectivity index (χ0) is 16.1. The van der Waals surface area contributed by atoms with Gasteiger partial charge in [-0.05, 0) is 36.4 Å². The Labute approximate surface area is 130 Å². The monoisotopic (exact) mass is 316 g/mol. The number of rotatable bonds is 6. The second-order valence-electron chi connectivity index (χ2n) is 4.47. The third-order valence-corrected chi connectivity index (χ3v) is 2.85. The maximum atomic E-state index is 11.6. The van der Waals surface area contributed by atoms with Crippen LogP contribution >= 0.6 is 0 Å². The molecule has 0 aromatic carbocycles. The van der Waals surface area contributed by atoms with E-state index in [9.17, 15) is 9.59 Å². The van der Waals surface area contributed by atoms with Crippen LogP contribution in [0.5, 0.6) is 0 Å². The highest BCUT2D eigenvalue weighted by atomic mass is 16.6. The molecular formula is C16H12O7. The number of carbonyl (C=O) groups is 2. The lowest BCUT2D eigenvalue weighted by molar-refractivity contribution is 0.0380. The summed E-state index contributed by atoms with van der Waals surface area (Å²) in [5, 5.41) is 0. The molecule has 0 atom stereocenters. The largest absolute Gasteiger partial charge is 0.459 e. The van der Waals surface area contributed by atoms with Crippen molar-refractivity contribution in [1.82, 2.24) is 0 Å². The summed E-state index contributed by atoms with van der Waals surface area (Å²) < 4.78 is 25.3. The Bertz CT molecular complexity index is 701. The van der Waals surface area contributed by atoms with Crippen molar-refractivity contribution in [3.8, 4) is 0 Å². The van der Waals surface area contributed by atoms with Gasteiger partial charge in [0.1, 0.15) is 24.7 Å². The van der Waals surface area contributed by atoms with Crippen LogP contribution in [0, 0.1) is 0 Å². The van der Waals surface area contributed by atoms with Crippen LogP contribution in [-0.2, 0) is 22.7 Å². The average Bonchev–Trinajstić information content (AvgIpc) is 3.32. The maximum Gasteiger partial charge on any atom is 0.374 e. The van der Waals surface area contributed by atoms with E-state index >= 15 is 0 Å². The molecule has 7 nitrogen and oxygen atoms in total. The molecule has 0 radical (unpaired) electrons. The van der Waals surface area contributed by atoms with Gasteiger partial charge in [0.15, 0.2) is 0 Å². The lowest BCUT2D eigenvalue weighted by Gasteiger charge is -2.01. The van der Waals surface area contributed by atoms with E-state index in [1.54, 1.807) is 24.3 Å². The molecule has 3 aromatic heterocycles. The van der Waals surface area contributed by atoms with Crippen LogP contribution in [0.4, 0.5) is 0 Å². The molecule has 0 fully saturated rings. The first kappa shape index (κ1) is 14.7. The maximum absolute atomic E-state index is 11.6. The number of hydrogen-bond acceptors (Lipinski definition) is 7. The van der Waals surface area contributed by atoms with Gasteiger partial charge in [-0.15, -0.1) is 0 Å². The van der Waals surface area contributed by atoms with Crippen LogP contribution in [0.1, 0.15) is 32.6 Å². The molecule has 3 aromatic rings. The molecule has 0 aliphatic carbocycles. The van der Waals surface area contributed by atoms with E-state index < -0.39 is 11.9 Å². The molecule has 0 aliphatic rings. The SMILES string of the molecule is O=C(OCc1ccc(COC(=O)c2ccco2)o1)c1ccco1. The normalized spacial score (nSPS) is 10.4. The number of hydrogen-bond donors (Lipinski definition) is 0. The Morgan fingerprint density at radius 1 is 0.783 bits per heavy atom. The zero-order valence-corrected chi connectivity index (χ0v) is 11.9. The van der Waals surface area contributed by atoms with Gasteiger partial charge in [0.05, 0.1) is 12.5 Å². The quantitative estimate of drug-likeness (QED) is 0.645. The predicted molar refractivity (Wildman–Crippen MR) is 74.4 cm³/mol. The Morgan fingerprint density at radius 3 is 1.65 bits per heavy atom. The van der Waals surface area contributed by atoms with Crippen molar-refractivity contribution in [2.24, 2.45) is 0 Å². The summed E-state index contributed by atoms with van der Waals surface area (Å²) in [6.45, 7) is -0.0999. The molecule has 3 rings (SSSR count). The van der Waals surface area contributed by atoms with E-state index in [1.807, 2.05) is 0 Å². The standard InChI is InChI=1S/C16H12O7/c17-15(13-3-1-7-19-13)21-9-11-5-6-12(23-11)10-22-16(18)14-4-2-8-20-14/h1-8H,9-10H2. The molecule has 0 bridgehead atoms. The van der Waals surface area contributed by atoms with Crippen LogP contribution in [0.25, 0.3) is 0 Å². The summed E-state index contributed by atoms with van der Waals surface area (Å²) >= 11 is 0. The molecule has 0 saturated heterocycles. The highest BCUT2D eigenvalue weighted by Crippen LogP contribution is 2.13. The fourth-order valence-corrected chi connectivity index (χ4v) is 1.78. The third kappa shape index (κ3) is 3.70. The van der Waals surface area contributed by atoms with E-state index in [1.165, 1.54) is 24.7 Å². The minimum Gasteiger partial charge on any atom is -0.459 e. The van der Waals surface area contributed by atoms with Crippen LogP contribution < -0.4 is 0 Å². The summed E-state index contributed by atoms with van der Waals surface area (Å²) in [6, 6.07) is 9.45. The van der Waals surface area contributed by atoms with E-state index in [0.29, 0.717) is 11.5 Å². The fraction of sp³-hybridized carbons (Fsp3) is 0.125. The van der Waals surface area contributed by atoms with Crippen molar-refractivity contribution >= 4 is 11.9 Å². The van der Waals surface area contributed by atoms with Gasteiger partial charge in [-0.1, -0.05) is 0 Å². The molecular weight excluding hydrogens is 304 g/mol. The highest BCUT2D eigenvalue weighted by molar-refractivity contribution is 5.86. The van der Waals surface area contributed by atoms with E-state index in [-0.39, 0.29) is 24.7 Å². The van der Waals surface area contributed by atoms with Crippen molar-refractivity contribution in [2.75, 3.05) is 0 Å². The molecule has 0 N–H and O–H groups in total. The molecule has 7 heteroatoms. The summed E-state index contributed by atoms with van der Waals surface area (Å²) in [4.78, 5) is 23.2. The summed E-state index contributed by atoms with van der Waals surface area (Å²) in [5.74, 6) is -0.0920. The van der Waals surface area contributed by atoms with Gasteiger partial charge in [-0.25, -0.2) is 9.59 Å². The first-order valence-corrected chi connectivity index (χ1v) is 6.71. The average molecular weight is 316 g/mol. The van der Waals surface area contributed by atoms with Gasteiger partial charge in [0.25, 0.3) is 0 Å². The minimum absolute atomic E-state index is 0.0499. The van der Waals surface area contributed by atoms with Gasteiger partial charge in [0, 0.05) is 0 Å². The fourth-order valence-electron chi connectivity index (χ4n) is 1.78. The molecule has 118 valence electrons. The van der Waals surface area contributed by atoms with Gasteiger partial charge < -0.3 is 22.7 Å². The highest BCUT2D eigenvalue weighted by Gasteiger charge is 2.13. The van der Waals surface area contributed by atoms with Crippen LogP contribution in [-0.4, -0.2) is 11.9 Å². The topological polar surface area (TPSA) is 92.0 Å². The second kappa shape index (κ2) is 6.69. The number of ether oxygens (including phenoxy) is 2. The molecule has 0 amide bonds. The molecule has 23 heavy (non-hydrogen) atoms. The zero-order valence-electron chi connectivity index (χ0n) is 11.9. The number of esters is 2. The van der Waals surface area contributed by atoms with E-state index in [4.69, 9.17) is 22.7 Å².